The fraction of sp³-hybridized carbons (Fsp3) is 0.294. The number of nitrogens with two attached hydrogens (primary N) is 1. The summed E-state index contributed by atoms with van der Waals surface area (Å²) in [4.78, 5) is 2.11. The van der Waals surface area contributed by atoms with Gasteiger partial charge in [-0.15, -0.1) is 0 Å². The minimum absolute atomic E-state index is 0.492. The standard InChI is InChI=1S/C17H21BrN2O/c1-20(11-14-3-2-4-16(18)9-14)12-17(21)15-7-5-13(10-19)6-8-15/h2-9,17,21H,10-12,19H2,1H3. The minimum atomic E-state index is -0.492. The topological polar surface area (TPSA) is 49.5 Å². The molecule has 1 atom stereocenters. The Morgan fingerprint density at radius 2 is 1.86 bits per heavy atom. The Hall–Kier alpha value is -1.20. The van der Waals surface area contributed by atoms with Crippen molar-refractivity contribution in [1.82, 2.24) is 4.90 Å². The van der Waals surface area contributed by atoms with Gasteiger partial charge >= 0.3 is 0 Å². The smallest absolute Gasteiger partial charge is 0.0916 e. The summed E-state index contributed by atoms with van der Waals surface area (Å²) in [6.07, 6.45) is -0.492. The molecule has 0 aliphatic carbocycles. The molecule has 0 aliphatic rings. The van der Waals surface area contributed by atoms with Crippen molar-refractivity contribution >= 4 is 15.9 Å². The van der Waals surface area contributed by atoms with Crippen LogP contribution in [-0.4, -0.2) is 23.6 Å². The first-order chi connectivity index (χ1) is 10.1. The first-order valence-corrected chi connectivity index (χ1v) is 7.77. The molecule has 2 aromatic rings. The molecule has 21 heavy (non-hydrogen) atoms. The van der Waals surface area contributed by atoms with E-state index >= 15 is 0 Å². The number of nitrogens with zero attached hydrogens (tertiary/aromatic N) is 1. The molecule has 1 unspecified atom stereocenters. The number of hydrogen-bond acceptors (Lipinski definition) is 3. The molecule has 0 amide bonds. The molecule has 0 aliphatic heterocycles. The normalized spacial score (nSPS) is 12.6. The molecular weight excluding hydrogens is 328 g/mol. The lowest BCUT2D eigenvalue weighted by Gasteiger charge is -2.21. The average Bonchev–Trinajstić information content (AvgIpc) is 2.47. The molecule has 2 aromatic carbocycles. The number of rotatable bonds is 6. The van der Waals surface area contributed by atoms with E-state index in [0.717, 1.165) is 22.1 Å². The molecule has 0 radical (unpaired) electrons. The van der Waals surface area contributed by atoms with Gasteiger partial charge in [-0.2, -0.15) is 0 Å². The molecule has 0 fully saturated rings. The Morgan fingerprint density at radius 3 is 2.48 bits per heavy atom. The number of benzene rings is 2. The molecule has 2 rings (SSSR count). The number of aliphatic hydroxyl groups is 1. The van der Waals surface area contributed by atoms with Gasteiger partial charge in [-0.05, 0) is 35.9 Å². The van der Waals surface area contributed by atoms with Gasteiger partial charge in [0.1, 0.15) is 0 Å². The zero-order chi connectivity index (χ0) is 15.2. The Kier molecular flexibility index (Phi) is 5.94. The van der Waals surface area contributed by atoms with E-state index in [-0.39, 0.29) is 0 Å². The second-order valence-electron chi connectivity index (χ2n) is 5.29. The monoisotopic (exact) mass is 348 g/mol. The van der Waals surface area contributed by atoms with E-state index in [2.05, 4.69) is 33.0 Å². The summed E-state index contributed by atoms with van der Waals surface area (Å²) in [5.74, 6) is 0. The molecule has 0 heterocycles. The van der Waals surface area contributed by atoms with Crippen LogP contribution in [0.5, 0.6) is 0 Å². The van der Waals surface area contributed by atoms with Gasteiger partial charge in [0, 0.05) is 24.1 Å². The largest absolute Gasteiger partial charge is 0.387 e. The zero-order valence-corrected chi connectivity index (χ0v) is 13.8. The van der Waals surface area contributed by atoms with Gasteiger partial charge in [-0.1, -0.05) is 52.3 Å². The fourth-order valence-electron chi connectivity index (χ4n) is 2.29. The van der Waals surface area contributed by atoms with Crippen molar-refractivity contribution in [1.29, 1.82) is 0 Å². The lowest BCUT2D eigenvalue weighted by molar-refractivity contribution is 0.124. The first kappa shape index (κ1) is 16.2. The van der Waals surface area contributed by atoms with E-state index in [4.69, 9.17) is 5.73 Å². The molecule has 0 aromatic heterocycles. The number of halogens is 1. The van der Waals surface area contributed by atoms with Gasteiger partial charge in [0.05, 0.1) is 6.10 Å². The van der Waals surface area contributed by atoms with Gasteiger partial charge in [0.2, 0.25) is 0 Å². The summed E-state index contributed by atoms with van der Waals surface area (Å²) < 4.78 is 1.08. The highest BCUT2D eigenvalue weighted by Gasteiger charge is 2.11. The van der Waals surface area contributed by atoms with Crippen molar-refractivity contribution in [2.45, 2.75) is 19.2 Å². The van der Waals surface area contributed by atoms with Crippen molar-refractivity contribution in [3.8, 4) is 0 Å². The van der Waals surface area contributed by atoms with E-state index < -0.39 is 6.10 Å². The molecule has 0 spiro atoms. The van der Waals surface area contributed by atoms with Crippen LogP contribution in [0.3, 0.4) is 0 Å². The van der Waals surface area contributed by atoms with E-state index in [1.807, 2.05) is 43.4 Å². The second-order valence-corrected chi connectivity index (χ2v) is 6.20. The van der Waals surface area contributed by atoms with E-state index in [1.54, 1.807) is 0 Å². The van der Waals surface area contributed by atoms with Crippen molar-refractivity contribution in [2.75, 3.05) is 13.6 Å². The Morgan fingerprint density at radius 1 is 1.14 bits per heavy atom. The van der Waals surface area contributed by atoms with Gasteiger partial charge in [-0.25, -0.2) is 0 Å². The van der Waals surface area contributed by atoms with Crippen LogP contribution in [0.15, 0.2) is 53.0 Å². The van der Waals surface area contributed by atoms with Crippen molar-refractivity contribution in [3.63, 3.8) is 0 Å². The van der Waals surface area contributed by atoms with Gasteiger partial charge < -0.3 is 10.8 Å². The predicted octanol–water partition coefficient (Wildman–Crippen LogP) is 3.07. The predicted molar refractivity (Wildman–Crippen MR) is 89.8 cm³/mol. The fourth-order valence-corrected chi connectivity index (χ4v) is 2.73. The number of hydrogen-bond donors (Lipinski definition) is 2. The number of likely N-dealkylation sites (N-methyl/N-ethyl adjacent to an activating group) is 1. The van der Waals surface area contributed by atoms with Crippen molar-refractivity contribution in [2.24, 2.45) is 5.73 Å². The lowest BCUT2D eigenvalue weighted by atomic mass is 10.1. The van der Waals surface area contributed by atoms with Crippen LogP contribution in [0.4, 0.5) is 0 Å². The zero-order valence-electron chi connectivity index (χ0n) is 12.2. The third-order valence-corrected chi connectivity index (χ3v) is 3.92. The molecule has 4 heteroatoms. The Balaban J connectivity index is 1.93. The summed E-state index contributed by atoms with van der Waals surface area (Å²) in [5.41, 5.74) is 8.80. The van der Waals surface area contributed by atoms with Crippen LogP contribution < -0.4 is 5.73 Å². The van der Waals surface area contributed by atoms with E-state index in [0.29, 0.717) is 13.1 Å². The highest BCUT2D eigenvalue weighted by molar-refractivity contribution is 9.10. The number of aliphatic hydroxyl groups excluding tert-OH is 1. The highest BCUT2D eigenvalue weighted by Crippen LogP contribution is 2.17. The van der Waals surface area contributed by atoms with Gasteiger partial charge in [0.15, 0.2) is 0 Å². The van der Waals surface area contributed by atoms with Crippen LogP contribution in [0.25, 0.3) is 0 Å². The Bertz CT molecular complexity index is 571. The van der Waals surface area contributed by atoms with E-state index in [9.17, 15) is 5.11 Å². The quantitative estimate of drug-likeness (QED) is 0.843. The van der Waals surface area contributed by atoms with Gasteiger partial charge in [-0.3, -0.25) is 4.90 Å². The van der Waals surface area contributed by atoms with Crippen LogP contribution in [0.1, 0.15) is 22.8 Å². The van der Waals surface area contributed by atoms with Crippen molar-refractivity contribution in [3.05, 3.63) is 69.7 Å². The van der Waals surface area contributed by atoms with Crippen LogP contribution in [-0.2, 0) is 13.1 Å². The first-order valence-electron chi connectivity index (χ1n) is 6.98. The maximum Gasteiger partial charge on any atom is 0.0916 e. The second kappa shape index (κ2) is 7.71. The maximum absolute atomic E-state index is 10.3. The third kappa shape index (κ3) is 4.93. The molecule has 0 bridgehead atoms. The summed E-state index contributed by atoms with van der Waals surface area (Å²) in [6, 6.07) is 16.0. The van der Waals surface area contributed by atoms with Crippen molar-refractivity contribution < 1.29 is 5.11 Å². The van der Waals surface area contributed by atoms with Crippen LogP contribution in [0, 0.1) is 0 Å². The molecule has 3 N–H and O–H groups in total. The minimum Gasteiger partial charge on any atom is -0.387 e. The third-order valence-electron chi connectivity index (χ3n) is 3.43. The van der Waals surface area contributed by atoms with Crippen LogP contribution >= 0.6 is 15.9 Å². The summed E-state index contributed by atoms with van der Waals surface area (Å²) in [6.45, 7) is 1.92. The molecule has 0 saturated carbocycles. The average molecular weight is 349 g/mol. The summed E-state index contributed by atoms with van der Waals surface area (Å²) in [7, 11) is 2.01. The maximum atomic E-state index is 10.3. The molecule has 0 saturated heterocycles. The lowest BCUT2D eigenvalue weighted by Crippen LogP contribution is -2.24. The van der Waals surface area contributed by atoms with Crippen LogP contribution in [0.2, 0.25) is 0 Å². The Labute approximate surface area is 134 Å². The van der Waals surface area contributed by atoms with E-state index in [1.165, 1.54) is 5.56 Å². The SMILES string of the molecule is CN(Cc1cccc(Br)c1)CC(O)c1ccc(CN)cc1. The molecule has 112 valence electrons. The molecular formula is C17H21BrN2O. The highest BCUT2D eigenvalue weighted by atomic mass is 79.9. The summed E-state index contributed by atoms with van der Waals surface area (Å²) in [5, 5.41) is 10.3. The van der Waals surface area contributed by atoms with Gasteiger partial charge in [0.25, 0.3) is 0 Å². The summed E-state index contributed by atoms with van der Waals surface area (Å²) >= 11 is 3.48. The molecule has 3 nitrogen and oxygen atoms in total.